The van der Waals surface area contributed by atoms with Crippen molar-refractivity contribution in [1.82, 2.24) is 0 Å². The van der Waals surface area contributed by atoms with Gasteiger partial charge in [-0.2, -0.15) is 0 Å². The zero-order chi connectivity index (χ0) is 21.8. The van der Waals surface area contributed by atoms with Crippen molar-refractivity contribution in [2.45, 2.75) is 36.7 Å². The van der Waals surface area contributed by atoms with Gasteiger partial charge in [-0.15, -0.1) is 11.8 Å². The lowest BCUT2D eigenvalue weighted by atomic mass is 10.1. The summed E-state index contributed by atoms with van der Waals surface area (Å²) < 4.78 is 20.0. The molecule has 0 saturated heterocycles. The van der Waals surface area contributed by atoms with Gasteiger partial charge in [0, 0.05) is 10.6 Å². The van der Waals surface area contributed by atoms with Crippen LogP contribution in [0.4, 0.5) is 10.1 Å². The molecule has 0 radical (unpaired) electrons. The van der Waals surface area contributed by atoms with E-state index in [1.54, 1.807) is 23.9 Å². The van der Waals surface area contributed by atoms with Crippen LogP contribution in [0.2, 0.25) is 5.02 Å². The van der Waals surface area contributed by atoms with Gasteiger partial charge in [0.05, 0.1) is 11.4 Å². The first-order valence-electron chi connectivity index (χ1n) is 10.2. The second-order valence-corrected chi connectivity index (χ2v) is 9.30. The van der Waals surface area contributed by atoms with Crippen molar-refractivity contribution >= 4 is 35.0 Å². The molecule has 1 saturated carbocycles. The van der Waals surface area contributed by atoms with Crippen LogP contribution in [0, 0.1) is 5.82 Å². The topological polar surface area (TPSA) is 38.3 Å². The van der Waals surface area contributed by atoms with E-state index in [1.807, 2.05) is 48.5 Å². The van der Waals surface area contributed by atoms with E-state index in [2.05, 4.69) is 12.2 Å². The summed E-state index contributed by atoms with van der Waals surface area (Å²) >= 11 is 7.57. The van der Waals surface area contributed by atoms with Crippen LogP contribution in [-0.4, -0.2) is 11.7 Å². The number of carbonyl (C=O) groups is 1. The Labute approximate surface area is 191 Å². The summed E-state index contributed by atoms with van der Waals surface area (Å²) in [7, 11) is 0. The summed E-state index contributed by atoms with van der Waals surface area (Å²) in [5.41, 5.74) is 1.97. The Kier molecular flexibility index (Phi) is 6.54. The molecule has 0 spiro atoms. The summed E-state index contributed by atoms with van der Waals surface area (Å²) in [6.45, 7) is 2.12. The monoisotopic (exact) mass is 455 g/mol. The van der Waals surface area contributed by atoms with E-state index in [-0.39, 0.29) is 10.9 Å². The Bertz CT molecular complexity index is 1070. The maximum Gasteiger partial charge on any atom is 0.228 e. The van der Waals surface area contributed by atoms with Crippen LogP contribution in [0.25, 0.3) is 0 Å². The average Bonchev–Trinajstić information content (AvgIpc) is 3.54. The third kappa shape index (κ3) is 5.41. The molecule has 0 aliphatic heterocycles. The van der Waals surface area contributed by atoms with Crippen LogP contribution in [0.15, 0.2) is 71.6 Å². The van der Waals surface area contributed by atoms with E-state index in [9.17, 15) is 9.18 Å². The summed E-state index contributed by atoms with van der Waals surface area (Å²) in [5.74, 6) is 1.19. The lowest BCUT2D eigenvalue weighted by molar-refractivity contribution is -0.115. The summed E-state index contributed by atoms with van der Waals surface area (Å²) in [5, 5.41) is 3.02. The third-order valence-corrected chi connectivity index (χ3v) is 6.40. The summed E-state index contributed by atoms with van der Waals surface area (Å²) in [6, 6.07) is 20.1. The molecule has 3 aromatic rings. The molecule has 0 bridgehead atoms. The number of amides is 1. The Balaban J connectivity index is 1.35. The van der Waals surface area contributed by atoms with Gasteiger partial charge in [0.25, 0.3) is 0 Å². The first-order valence-corrected chi connectivity index (χ1v) is 11.6. The number of thioether (sulfide) groups is 1. The fourth-order valence-electron chi connectivity index (χ4n) is 3.44. The third-order valence-electron chi connectivity index (χ3n) is 5.20. The van der Waals surface area contributed by atoms with E-state index in [1.165, 1.54) is 11.0 Å². The number of carbonyl (C=O) groups excluding carboxylic acids is 1. The Morgan fingerprint density at radius 2 is 1.81 bits per heavy atom. The van der Waals surface area contributed by atoms with Crippen LogP contribution >= 0.6 is 23.4 Å². The second kappa shape index (κ2) is 9.33. The van der Waals surface area contributed by atoms with Gasteiger partial charge in [-0.1, -0.05) is 36.7 Å². The number of nitrogens with one attached hydrogen (secondary N) is 1. The van der Waals surface area contributed by atoms with Gasteiger partial charge in [-0.25, -0.2) is 4.39 Å². The van der Waals surface area contributed by atoms with Gasteiger partial charge in [-0.05, 0) is 78.3 Å². The standard InChI is InChI=1S/C25H23ClFNO2S/c1-2-31-21-10-3-17(4-11-21)15-24(29)28-19-6-8-20(9-7-19)30-25(13-14-25)18-5-12-22(26)23(27)16-18/h3-12,16H,2,13-15H2,1H3,(H,28,29). The molecule has 1 amide bonds. The molecule has 3 aromatic carbocycles. The number of hydrogen-bond donors (Lipinski definition) is 1. The van der Waals surface area contributed by atoms with Crippen molar-refractivity contribution in [3.05, 3.63) is 88.7 Å². The maximum atomic E-state index is 13.8. The van der Waals surface area contributed by atoms with Gasteiger partial charge in [-0.3, -0.25) is 4.79 Å². The number of rotatable bonds is 8. The van der Waals surface area contributed by atoms with Crippen LogP contribution < -0.4 is 10.1 Å². The highest BCUT2D eigenvalue weighted by atomic mass is 35.5. The van der Waals surface area contributed by atoms with Crippen LogP contribution in [-0.2, 0) is 16.8 Å². The molecule has 6 heteroatoms. The molecule has 0 heterocycles. The lowest BCUT2D eigenvalue weighted by Gasteiger charge is -2.19. The van der Waals surface area contributed by atoms with Crippen molar-refractivity contribution < 1.29 is 13.9 Å². The first kappa shape index (κ1) is 21.7. The molecule has 0 aromatic heterocycles. The van der Waals surface area contributed by atoms with Crippen molar-refractivity contribution in [2.24, 2.45) is 0 Å². The van der Waals surface area contributed by atoms with Gasteiger partial charge in [0.1, 0.15) is 17.2 Å². The Morgan fingerprint density at radius 3 is 2.42 bits per heavy atom. The molecular weight excluding hydrogens is 433 g/mol. The summed E-state index contributed by atoms with van der Waals surface area (Å²) in [6.07, 6.45) is 1.96. The largest absolute Gasteiger partial charge is 0.483 e. The normalized spacial score (nSPS) is 14.2. The SMILES string of the molecule is CCSc1ccc(CC(=O)Nc2ccc(OC3(c4ccc(Cl)c(F)c4)CC3)cc2)cc1. The van der Waals surface area contributed by atoms with Crippen LogP contribution in [0.3, 0.4) is 0 Å². The smallest absolute Gasteiger partial charge is 0.228 e. The number of benzene rings is 3. The number of halogens is 2. The highest BCUT2D eigenvalue weighted by Gasteiger charge is 2.47. The van der Waals surface area contributed by atoms with E-state index < -0.39 is 11.4 Å². The van der Waals surface area contributed by atoms with Gasteiger partial charge >= 0.3 is 0 Å². The number of hydrogen-bond acceptors (Lipinski definition) is 3. The minimum atomic E-state index is -0.502. The fourth-order valence-corrected chi connectivity index (χ4v) is 4.21. The predicted octanol–water partition coefficient (Wildman–Crippen LogP) is 6.84. The summed E-state index contributed by atoms with van der Waals surface area (Å²) in [4.78, 5) is 13.6. The lowest BCUT2D eigenvalue weighted by Crippen LogP contribution is -2.16. The van der Waals surface area contributed by atoms with Crippen LogP contribution in [0.5, 0.6) is 5.75 Å². The zero-order valence-electron chi connectivity index (χ0n) is 17.2. The second-order valence-electron chi connectivity index (χ2n) is 7.55. The predicted molar refractivity (Wildman–Crippen MR) is 125 cm³/mol. The molecule has 3 nitrogen and oxygen atoms in total. The number of ether oxygens (including phenoxy) is 1. The molecule has 0 unspecified atom stereocenters. The molecule has 1 fully saturated rings. The zero-order valence-corrected chi connectivity index (χ0v) is 18.7. The Hall–Kier alpha value is -2.50. The van der Waals surface area contributed by atoms with Crippen molar-refractivity contribution in [2.75, 3.05) is 11.1 Å². The molecule has 4 rings (SSSR count). The Morgan fingerprint density at radius 1 is 1.10 bits per heavy atom. The van der Waals surface area contributed by atoms with Crippen molar-refractivity contribution in [1.29, 1.82) is 0 Å². The molecule has 0 atom stereocenters. The minimum Gasteiger partial charge on any atom is -0.483 e. The average molecular weight is 456 g/mol. The van der Waals surface area contributed by atoms with Crippen molar-refractivity contribution in [3.8, 4) is 5.75 Å². The minimum absolute atomic E-state index is 0.0696. The molecule has 1 aliphatic rings. The molecule has 31 heavy (non-hydrogen) atoms. The highest BCUT2D eigenvalue weighted by Crippen LogP contribution is 2.49. The van der Waals surface area contributed by atoms with Gasteiger partial charge in [0.15, 0.2) is 0 Å². The van der Waals surface area contributed by atoms with Gasteiger partial charge in [0.2, 0.25) is 5.91 Å². The highest BCUT2D eigenvalue weighted by molar-refractivity contribution is 7.99. The molecule has 160 valence electrons. The van der Waals surface area contributed by atoms with Crippen molar-refractivity contribution in [3.63, 3.8) is 0 Å². The fraction of sp³-hybridized carbons (Fsp3) is 0.240. The van der Waals surface area contributed by atoms with Crippen LogP contribution in [0.1, 0.15) is 30.9 Å². The maximum absolute atomic E-state index is 13.8. The van der Waals surface area contributed by atoms with E-state index in [0.29, 0.717) is 17.9 Å². The van der Waals surface area contributed by atoms with Gasteiger partial charge < -0.3 is 10.1 Å². The first-order chi connectivity index (χ1) is 15.0. The molecule has 1 N–H and O–H groups in total. The van der Waals surface area contributed by atoms with E-state index >= 15 is 0 Å². The van der Waals surface area contributed by atoms with E-state index in [0.717, 1.165) is 29.7 Å². The number of anilines is 1. The van der Waals surface area contributed by atoms with E-state index in [4.69, 9.17) is 16.3 Å². The quantitative estimate of drug-likeness (QED) is 0.378. The molecular formula is C25H23ClFNO2S. The molecule has 1 aliphatic carbocycles.